The van der Waals surface area contributed by atoms with Gasteiger partial charge in [-0.3, -0.25) is 9.97 Å². The van der Waals surface area contributed by atoms with Gasteiger partial charge in [-0.25, -0.2) is 9.97 Å². The van der Waals surface area contributed by atoms with Gasteiger partial charge in [0, 0.05) is 36.9 Å². The van der Waals surface area contributed by atoms with Crippen molar-refractivity contribution in [1.29, 1.82) is 0 Å². The Morgan fingerprint density at radius 1 is 1.05 bits per heavy atom. The molecule has 0 unspecified atom stereocenters. The van der Waals surface area contributed by atoms with E-state index in [0.29, 0.717) is 5.82 Å². The number of hydrogen-bond donors (Lipinski definition) is 1. The van der Waals surface area contributed by atoms with E-state index in [1.54, 1.807) is 12.4 Å². The topological polar surface area (TPSA) is 63.6 Å². The molecule has 0 aliphatic heterocycles. The number of rotatable bonds is 5. The molecule has 5 nitrogen and oxygen atoms in total. The van der Waals surface area contributed by atoms with Gasteiger partial charge in [-0.1, -0.05) is 12.1 Å². The van der Waals surface area contributed by atoms with Crippen LogP contribution in [0.2, 0.25) is 0 Å². The Labute approximate surface area is 129 Å². The second-order valence-corrected chi connectivity index (χ2v) is 4.97. The van der Waals surface area contributed by atoms with Crippen molar-refractivity contribution in [2.45, 2.75) is 13.3 Å². The molecule has 0 radical (unpaired) electrons. The lowest BCUT2D eigenvalue weighted by atomic mass is 10.2. The van der Waals surface area contributed by atoms with Crippen LogP contribution in [0, 0.1) is 6.92 Å². The second-order valence-electron chi connectivity index (χ2n) is 4.97. The van der Waals surface area contributed by atoms with E-state index >= 15 is 0 Å². The standard InChI is InChI=1S/C17H17N5/c1-13-11-16(20-10-7-14-5-4-8-18-12-14)22-17(21-13)15-6-2-3-9-19-15/h2-6,8-9,11-12H,7,10H2,1H3,(H,20,21,22). The number of nitrogens with zero attached hydrogens (tertiary/aromatic N) is 4. The van der Waals surface area contributed by atoms with Crippen molar-refractivity contribution < 1.29 is 0 Å². The Morgan fingerprint density at radius 3 is 2.77 bits per heavy atom. The Morgan fingerprint density at radius 2 is 2.00 bits per heavy atom. The lowest BCUT2D eigenvalue weighted by Crippen LogP contribution is -2.08. The molecule has 0 aliphatic carbocycles. The summed E-state index contributed by atoms with van der Waals surface area (Å²) >= 11 is 0. The van der Waals surface area contributed by atoms with E-state index in [4.69, 9.17) is 0 Å². The Balaban J connectivity index is 1.70. The minimum Gasteiger partial charge on any atom is -0.370 e. The minimum atomic E-state index is 0.643. The second kappa shape index (κ2) is 6.76. The van der Waals surface area contributed by atoms with Crippen molar-refractivity contribution in [3.05, 3.63) is 66.2 Å². The van der Waals surface area contributed by atoms with Crippen LogP contribution >= 0.6 is 0 Å². The zero-order valence-corrected chi connectivity index (χ0v) is 12.4. The molecular formula is C17H17N5. The summed E-state index contributed by atoms with van der Waals surface area (Å²) in [4.78, 5) is 17.4. The fraction of sp³-hybridized carbons (Fsp3) is 0.176. The highest BCUT2D eigenvalue weighted by atomic mass is 15.0. The monoisotopic (exact) mass is 291 g/mol. The predicted octanol–water partition coefficient (Wildman–Crippen LogP) is 2.90. The molecule has 0 bridgehead atoms. The average molecular weight is 291 g/mol. The van der Waals surface area contributed by atoms with Gasteiger partial charge in [0.25, 0.3) is 0 Å². The maximum atomic E-state index is 4.53. The summed E-state index contributed by atoms with van der Waals surface area (Å²) in [7, 11) is 0. The summed E-state index contributed by atoms with van der Waals surface area (Å²) in [5.74, 6) is 1.46. The van der Waals surface area contributed by atoms with Gasteiger partial charge in [-0.2, -0.15) is 0 Å². The van der Waals surface area contributed by atoms with Crippen molar-refractivity contribution in [3.63, 3.8) is 0 Å². The van der Waals surface area contributed by atoms with Gasteiger partial charge in [0.1, 0.15) is 11.5 Å². The normalized spacial score (nSPS) is 10.4. The number of pyridine rings is 2. The van der Waals surface area contributed by atoms with Crippen molar-refractivity contribution in [2.24, 2.45) is 0 Å². The van der Waals surface area contributed by atoms with Gasteiger partial charge in [-0.05, 0) is 37.1 Å². The van der Waals surface area contributed by atoms with Gasteiger partial charge >= 0.3 is 0 Å². The van der Waals surface area contributed by atoms with Crippen LogP contribution in [0.5, 0.6) is 0 Å². The van der Waals surface area contributed by atoms with Crippen LogP contribution in [0.3, 0.4) is 0 Å². The molecular weight excluding hydrogens is 274 g/mol. The highest BCUT2D eigenvalue weighted by Crippen LogP contribution is 2.15. The van der Waals surface area contributed by atoms with Gasteiger partial charge in [0.2, 0.25) is 0 Å². The lowest BCUT2D eigenvalue weighted by molar-refractivity contribution is 0.983. The van der Waals surface area contributed by atoms with Crippen LogP contribution in [0.25, 0.3) is 11.5 Å². The summed E-state index contributed by atoms with van der Waals surface area (Å²) in [6.45, 7) is 2.75. The Kier molecular flexibility index (Phi) is 4.34. The number of aromatic nitrogens is 4. The van der Waals surface area contributed by atoms with Crippen LogP contribution in [0.4, 0.5) is 5.82 Å². The average Bonchev–Trinajstić information content (AvgIpc) is 2.56. The van der Waals surface area contributed by atoms with Gasteiger partial charge in [-0.15, -0.1) is 0 Å². The molecule has 1 N–H and O–H groups in total. The van der Waals surface area contributed by atoms with E-state index in [9.17, 15) is 0 Å². The molecule has 0 spiro atoms. The molecule has 3 rings (SSSR count). The first kappa shape index (κ1) is 14.1. The highest BCUT2D eigenvalue weighted by Gasteiger charge is 2.05. The fourth-order valence-electron chi connectivity index (χ4n) is 2.15. The zero-order chi connectivity index (χ0) is 15.2. The number of nitrogens with one attached hydrogen (secondary N) is 1. The number of hydrogen-bond acceptors (Lipinski definition) is 5. The minimum absolute atomic E-state index is 0.643. The summed E-state index contributed by atoms with van der Waals surface area (Å²) in [5, 5.41) is 3.34. The maximum absolute atomic E-state index is 4.53. The van der Waals surface area contributed by atoms with E-state index < -0.39 is 0 Å². The first-order chi connectivity index (χ1) is 10.8. The first-order valence-corrected chi connectivity index (χ1v) is 7.21. The van der Waals surface area contributed by atoms with E-state index in [2.05, 4.69) is 31.3 Å². The molecule has 0 saturated carbocycles. The molecule has 5 heteroatoms. The van der Waals surface area contributed by atoms with Gasteiger partial charge in [0.15, 0.2) is 5.82 Å². The van der Waals surface area contributed by atoms with Crippen LogP contribution in [0.15, 0.2) is 55.0 Å². The van der Waals surface area contributed by atoms with Crippen LogP contribution in [-0.4, -0.2) is 26.5 Å². The predicted molar refractivity (Wildman–Crippen MR) is 86.4 cm³/mol. The first-order valence-electron chi connectivity index (χ1n) is 7.21. The van der Waals surface area contributed by atoms with Crippen LogP contribution in [-0.2, 0) is 6.42 Å². The third-order valence-electron chi connectivity index (χ3n) is 3.19. The van der Waals surface area contributed by atoms with E-state index in [1.807, 2.05) is 43.5 Å². The fourth-order valence-corrected chi connectivity index (χ4v) is 2.15. The zero-order valence-electron chi connectivity index (χ0n) is 12.4. The quantitative estimate of drug-likeness (QED) is 0.783. The molecule has 0 atom stereocenters. The third-order valence-corrected chi connectivity index (χ3v) is 3.19. The summed E-state index contributed by atoms with van der Waals surface area (Å²) < 4.78 is 0. The molecule has 0 aliphatic rings. The van der Waals surface area contributed by atoms with Crippen molar-refractivity contribution in [3.8, 4) is 11.5 Å². The number of aryl methyl sites for hydroxylation is 1. The van der Waals surface area contributed by atoms with E-state index in [1.165, 1.54) is 5.56 Å². The molecule has 3 aromatic heterocycles. The SMILES string of the molecule is Cc1cc(NCCc2cccnc2)nc(-c2ccccn2)n1. The van der Waals surface area contributed by atoms with Crippen molar-refractivity contribution in [2.75, 3.05) is 11.9 Å². The highest BCUT2D eigenvalue weighted by molar-refractivity contribution is 5.52. The Bertz CT molecular complexity index is 729. The van der Waals surface area contributed by atoms with E-state index in [-0.39, 0.29) is 0 Å². The summed E-state index contributed by atoms with van der Waals surface area (Å²) in [5.41, 5.74) is 2.90. The van der Waals surface area contributed by atoms with Crippen molar-refractivity contribution in [1.82, 2.24) is 19.9 Å². The molecule has 3 heterocycles. The summed E-state index contributed by atoms with van der Waals surface area (Å²) in [6, 6.07) is 11.7. The third kappa shape index (κ3) is 3.63. The summed E-state index contributed by atoms with van der Waals surface area (Å²) in [6.07, 6.45) is 6.31. The molecule has 110 valence electrons. The smallest absolute Gasteiger partial charge is 0.180 e. The van der Waals surface area contributed by atoms with Gasteiger partial charge < -0.3 is 5.32 Å². The largest absolute Gasteiger partial charge is 0.370 e. The molecule has 0 fully saturated rings. The molecule has 3 aromatic rings. The molecule has 0 amide bonds. The maximum Gasteiger partial charge on any atom is 0.180 e. The number of anilines is 1. The van der Waals surface area contributed by atoms with Crippen molar-refractivity contribution >= 4 is 5.82 Å². The Hall–Kier alpha value is -2.82. The van der Waals surface area contributed by atoms with E-state index in [0.717, 1.165) is 30.2 Å². The van der Waals surface area contributed by atoms with Crippen LogP contribution in [0.1, 0.15) is 11.3 Å². The lowest BCUT2D eigenvalue weighted by Gasteiger charge is -2.08. The molecule has 0 saturated heterocycles. The van der Waals surface area contributed by atoms with Gasteiger partial charge in [0.05, 0.1) is 0 Å². The molecule has 0 aromatic carbocycles. The van der Waals surface area contributed by atoms with Crippen LogP contribution < -0.4 is 5.32 Å². The molecule has 22 heavy (non-hydrogen) atoms.